The maximum atomic E-state index is 12.5. The molecule has 6 heteroatoms. The molecule has 1 unspecified atom stereocenters. The summed E-state index contributed by atoms with van der Waals surface area (Å²) in [5.41, 5.74) is 2.14. The molecule has 0 bridgehead atoms. The first kappa shape index (κ1) is 12.9. The third-order valence-electron chi connectivity index (χ3n) is 3.52. The maximum absolute atomic E-state index is 12.5. The van der Waals surface area contributed by atoms with E-state index in [9.17, 15) is 9.59 Å². The molecule has 0 radical (unpaired) electrons. The van der Waals surface area contributed by atoms with Gasteiger partial charge in [-0.25, -0.2) is 0 Å². The van der Waals surface area contributed by atoms with Crippen molar-refractivity contribution in [3.05, 3.63) is 46.1 Å². The van der Waals surface area contributed by atoms with Gasteiger partial charge in [0.05, 0.1) is 5.69 Å². The van der Waals surface area contributed by atoms with Crippen molar-refractivity contribution in [3.63, 3.8) is 0 Å². The molecule has 1 aliphatic heterocycles. The molecule has 1 amide bonds. The first-order chi connectivity index (χ1) is 9.49. The summed E-state index contributed by atoms with van der Waals surface area (Å²) in [6.07, 6.45) is 0. The molecule has 1 atom stereocenters. The molecule has 0 spiro atoms. The second kappa shape index (κ2) is 4.45. The largest absolute Gasteiger partial charge is 0.309 e. The molecule has 1 N–H and O–H groups in total. The number of aryl methyl sites for hydroxylation is 1. The summed E-state index contributed by atoms with van der Waals surface area (Å²) in [4.78, 5) is 24.7. The van der Waals surface area contributed by atoms with Gasteiger partial charge >= 0.3 is 0 Å². The zero-order valence-electron chi connectivity index (χ0n) is 11.0. The number of benzene rings is 1. The molecule has 1 aromatic heterocycles. The SMILES string of the molecule is Cc1nn2c(c1C)NC(=O)C(c1ccc(Cl)cc1)C2=O. The molecule has 3 rings (SSSR count). The lowest BCUT2D eigenvalue weighted by molar-refractivity contribution is -0.117. The van der Waals surface area contributed by atoms with Gasteiger partial charge in [0.2, 0.25) is 5.91 Å². The van der Waals surface area contributed by atoms with Gasteiger partial charge < -0.3 is 5.32 Å². The van der Waals surface area contributed by atoms with E-state index >= 15 is 0 Å². The van der Waals surface area contributed by atoms with E-state index in [1.165, 1.54) is 4.68 Å². The normalized spacial score (nSPS) is 17.9. The molecule has 1 aliphatic rings. The van der Waals surface area contributed by atoms with Crippen LogP contribution in [0, 0.1) is 13.8 Å². The molecule has 1 aromatic carbocycles. The van der Waals surface area contributed by atoms with E-state index in [1.54, 1.807) is 31.2 Å². The van der Waals surface area contributed by atoms with Crippen molar-refractivity contribution in [1.29, 1.82) is 0 Å². The second-order valence-electron chi connectivity index (χ2n) is 4.78. The zero-order chi connectivity index (χ0) is 14.4. The van der Waals surface area contributed by atoms with Gasteiger partial charge in [-0.1, -0.05) is 23.7 Å². The number of carbonyl (C=O) groups excluding carboxylic acids is 2. The van der Waals surface area contributed by atoms with Crippen LogP contribution >= 0.6 is 11.6 Å². The quantitative estimate of drug-likeness (QED) is 0.821. The molecule has 0 saturated heterocycles. The Kier molecular flexibility index (Phi) is 2.87. The van der Waals surface area contributed by atoms with E-state index in [4.69, 9.17) is 11.6 Å². The molecule has 2 heterocycles. The summed E-state index contributed by atoms with van der Waals surface area (Å²) in [6, 6.07) is 6.68. The molecule has 2 aromatic rings. The van der Waals surface area contributed by atoms with Crippen LogP contribution in [0.4, 0.5) is 5.82 Å². The summed E-state index contributed by atoms with van der Waals surface area (Å²) >= 11 is 5.83. The highest BCUT2D eigenvalue weighted by Crippen LogP contribution is 2.30. The van der Waals surface area contributed by atoms with Gasteiger partial charge in [0.15, 0.2) is 0 Å². The van der Waals surface area contributed by atoms with Gasteiger partial charge in [0, 0.05) is 10.6 Å². The van der Waals surface area contributed by atoms with E-state index in [0.717, 1.165) is 11.3 Å². The number of nitrogens with one attached hydrogen (secondary N) is 1. The number of rotatable bonds is 1. The number of fused-ring (bicyclic) bond motifs is 1. The minimum absolute atomic E-state index is 0.340. The van der Waals surface area contributed by atoms with Crippen LogP contribution in [-0.2, 0) is 4.79 Å². The molecule has 20 heavy (non-hydrogen) atoms. The average Bonchev–Trinajstić information content (AvgIpc) is 2.69. The predicted molar refractivity (Wildman–Crippen MR) is 75.2 cm³/mol. The Balaban J connectivity index is 2.08. The molecular formula is C14H12ClN3O2. The van der Waals surface area contributed by atoms with Crippen molar-refractivity contribution in [3.8, 4) is 0 Å². The number of hydrogen-bond donors (Lipinski definition) is 1. The van der Waals surface area contributed by atoms with Crippen LogP contribution in [0.2, 0.25) is 5.02 Å². The fourth-order valence-electron chi connectivity index (χ4n) is 2.28. The molecule has 0 fully saturated rings. The van der Waals surface area contributed by atoms with E-state index in [0.29, 0.717) is 16.4 Å². The third kappa shape index (κ3) is 1.82. The lowest BCUT2D eigenvalue weighted by atomic mass is 9.96. The van der Waals surface area contributed by atoms with E-state index in [1.807, 2.05) is 6.92 Å². The summed E-state index contributed by atoms with van der Waals surface area (Å²) in [5, 5.41) is 7.50. The third-order valence-corrected chi connectivity index (χ3v) is 3.77. The standard InChI is InChI=1S/C14H12ClN3O2/c1-7-8(2)17-18-12(7)16-13(19)11(14(18)20)9-3-5-10(15)6-4-9/h3-6,11H,1-2H3,(H,16,19). The Morgan fingerprint density at radius 2 is 1.85 bits per heavy atom. The number of carbonyl (C=O) groups is 2. The lowest BCUT2D eigenvalue weighted by Crippen LogP contribution is -2.38. The van der Waals surface area contributed by atoms with Crippen molar-refractivity contribution in [1.82, 2.24) is 9.78 Å². The fourth-order valence-corrected chi connectivity index (χ4v) is 2.41. The second-order valence-corrected chi connectivity index (χ2v) is 5.22. The Morgan fingerprint density at radius 1 is 1.20 bits per heavy atom. The zero-order valence-corrected chi connectivity index (χ0v) is 11.7. The van der Waals surface area contributed by atoms with Crippen LogP contribution in [-0.4, -0.2) is 21.6 Å². The number of nitrogens with zero attached hydrogens (tertiary/aromatic N) is 2. The number of anilines is 1. The molecular weight excluding hydrogens is 278 g/mol. The van der Waals surface area contributed by atoms with Crippen LogP contribution in [0.25, 0.3) is 0 Å². The first-order valence-electron chi connectivity index (χ1n) is 6.16. The highest BCUT2D eigenvalue weighted by molar-refractivity contribution is 6.30. The van der Waals surface area contributed by atoms with Crippen molar-refractivity contribution in [2.24, 2.45) is 0 Å². The highest BCUT2D eigenvalue weighted by Gasteiger charge is 2.37. The smallest absolute Gasteiger partial charge is 0.265 e. The molecule has 5 nitrogen and oxygen atoms in total. The van der Waals surface area contributed by atoms with Crippen LogP contribution in [0.1, 0.15) is 27.5 Å². The number of hydrogen-bond acceptors (Lipinski definition) is 3. The van der Waals surface area contributed by atoms with Gasteiger partial charge in [-0.2, -0.15) is 9.78 Å². The van der Waals surface area contributed by atoms with E-state index in [-0.39, 0.29) is 11.8 Å². The Bertz CT molecular complexity index is 719. The average molecular weight is 290 g/mol. The van der Waals surface area contributed by atoms with Gasteiger partial charge in [0.25, 0.3) is 5.91 Å². The molecule has 102 valence electrons. The van der Waals surface area contributed by atoms with Crippen LogP contribution in [0.3, 0.4) is 0 Å². The van der Waals surface area contributed by atoms with Gasteiger partial charge in [-0.05, 0) is 31.5 Å². The topological polar surface area (TPSA) is 64.0 Å². The van der Waals surface area contributed by atoms with E-state index < -0.39 is 5.92 Å². The molecule has 0 aliphatic carbocycles. The van der Waals surface area contributed by atoms with Crippen molar-refractivity contribution in [2.75, 3.05) is 5.32 Å². The van der Waals surface area contributed by atoms with Gasteiger partial charge in [0.1, 0.15) is 11.7 Å². The predicted octanol–water partition coefficient (Wildman–Crippen LogP) is 2.53. The summed E-state index contributed by atoms with van der Waals surface area (Å²) in [5.74, 6) is -1.11. The highest BCUT2D eigenvalue weighted by atomic mass is 35.5. The van der Waals surface area contributed by atoms with Crippen LogP contribution in [0.15, 0.2) is 24.3 Å². The lowest BCUT2D eigenvalue weighted by Gasteiger charge is -2.22. The van der Waals surface area contributed by atoms with Crippen LogP contribution in [0.5, 0.6) is 0 Å². The minimum Gasteiger partial charge on any atom is -0.309 e. The van der Waals surface area contributed by atoms with Crippen LogP contribution < -0.4 is 5.32 Å². The summed E-state index contributed by atoms with van der Waals surface area (Å²) in [7, 11) is 0. The van der Waals surface area contributed by atoms with Gasteiger partial charge in [-0.15, -0.1) is 0 Å². The Labute approximate surface area is 120 Å². The summed E-state index contributed by atoms with van der Waals surface area (Å²) in [6.45, 7) is 3.63. The molecule has 0 saturated carbocycles. The number of amides is 1. The number of aromatic nitrogens is 2. The monoisotopic (exact) mass is 289 g/mol. The Hall–Kier alpha value is -2.14. The van der Waals surface area contributed by atoms with Crippen molar-refractivity contribution in [2.45, 2.75) is 19.8 Å². The van der Waals surface area contributed by atoms with E-state index in [2.05, 4.69) is 10.4 Å². The maximum Gasteiger partial charge on any atom is 0.265 e. The first-order valence-corrected chi connectivity index (χ1v) is 6.53. The van der Waals surface area contributed by atoms with Crippen molar-refractivity contribution >= 4 is 29.2 Å². The van der Waals surface area contributed by atoms with Crippen molar-refractivity contribution < 1.29 is 9.59 Å². The van der Waals surface area contributed by atoms with Gasteiger partial charge in [-0.3, -0.25) is 9.59 Å². The Morgan fingerprint density at radius 3 is 2.50 bits per heavy atom. The fraction of sp³-hybridized carbons (Fsp3) is 0.214. The minimum atomic E-state index is -0.890. The number of halogens is 1. The summed E-state index contributed by atoms with van der Waals surface area (Å²) < 4.78 is 1.27.